The van der Waals surface area contributed by atoms with Crippen LogP contribution in [-0.4, -0.2) is 20.9 Å². The van der Waals surface area contributed by atoms with Gasteiger partial charge in [-0.2, -0.15) is 0 Å². The van der Waals surface area contributed by atoms with Gasteiger partial charge in [0.25, 0.3) is 11.6 Å². The highest BCUT2D eigenvalue weighted by Crippen LogP contribution is 2.33. The van der Waals surface area contributed by atoms with Crippen molar-refractivity contribution in [1.82, 2.24) is 4.98 Å². The predicted octanol–water partition coefficient (Wildman–Crippen LogP) is 5.14. The number of nitrogens with one attached hydrogen (secondary N) is 1. The minimum atomic E-state index is -0.629. The van der Waals surface area contributed by atoms with Crippen molar-refractivity contribution in [2.75, 3.05) is 5.32 Å². The number of aryl methyl sites for hydroxylation is 1. The van der Waals surface area contributed by atoms with Gasteiger partial charge in [0, 0.05) is 23.4 Å². The summed E-state index contributed by atoms with van der Waals surface area (Å²) < 4.78 is 1.06. The number of thiazole rings is 1. The number of phenols is 1. The van der Waals surface area contributed by atoms with E-state index in [0.717, 1.165) is 44.6 Å². The van der Waals surface area contributed by atoms with Gasteiger partial charge < -0.3 is 10.4 Å². The van der Waals surface area contributed by atoms with Gasteiger partial charge in [-0.15, -0.1) is 11.3 Å². The highest BCUT2D eigenvalue weighted by atomic mass is 32.1. The lowest BCUT2D eigenvalue weighted by molar-refractivity contribution is -0.384. The molecule has 4 aromatic rings. The van der Waals surface area contributed by atoms with Crippen LogP contribution in [0.4, 0.5) is 11.4 Å². The number of aromatic nitrogens is 1. The number of anilines is 1. The van der Waals surface area contributed by atoms with E-state index in [1.807, 2.05) is 43.3 Å². The number of fused-ring (bicyclic) bond motifs is 1. The number of non-ortho nitro benzene ring substituents is 1. The summed E-state index contributed by atoms with van der Waals surface area (Å²) >= 11 is 1.55. The van der Waals surface area contributed by atoms with E-state index in [1.165, 1.54) is 0 Å². The van der Waals surface area contributed by atoms with Gasteiger partial charge in [-0.25, -0.2) is 4.98 Å². The molecular formula is C21H15N3O4S. The van der Waals surface area contributed by atoms with Crippen molar-refractivity contribution >= 4 is 38.8 Å². The fourth-order valence-corrected chi connectivity index (χ4v) is 3.86. The first-order chi connectivity index (χ1) is 13.9. The zero-order valence-corrected chi connectivity index (χ0v) is 16.1. The Morgan fingerprint density at radius 3 is 2.69 bits per heavy atom. The van der Waals surface area contributed by atoms with E-state index in [2.05, 4.69) is 10.3 Å². The smallest absolute Gasteiger partial charge is 0.270 e. The van der Waals surface area contributed by atoms with E-state index in [-0.39, 0.29) is 17.0 Å². The van der Waals surface area contributed by atoms with E-state index in [1.54, 1.807) is 17.4 Å². The number of benzene rings is 3. The predicted molar refractivity (Wildman–Crippen MR) is 113 cm³/mol. The molecule has 29 heavy (non-hydrogen) atoms. The lowest BCUT2D eigenvalue weighted by Gasteiger charge is -2.11. The molecule has 3 aromatic carbocycles. The Labute approximate surface area is 169 Å². The number of rotatable bonds is 4. The van der Waals surface area contributed by atoms with Gasteiger partial charge >= 0.3 is 0 Å². The fourth-order valence-electron chi connectivity index (χ4n) is 2.89. The number of aromatic hydroxyl groups is 1. The Morgan fingerprint density at radius 1 is 1.14 bits per heavy atom. The highest BCUT2D eigenvalue weighted by molar-refractivity contribution is 7.21. The third-order valence-electron chi connectivity index (χ3n) is 4.46. The number of nitrogens with zero attached hydrogens (tertiary/aromatic N) is 2. The van der Waals surface area contributed by atoms with Crippen LogP contribution in [0, 0.1) is 17.0 Å². The molecule has 8 heteroatoms. The lowest BCUT2D eigenvalue weighted by atomic mass is 10.1. The van der Waals surface area contributed by atoms with Crippen LogP contribution in [0.5, 0.6) is 5.75 Å². The van der Waals surface area contributed by atoms with Crippen LogP contribution in [0.15, 0.2) is 60.7 Å². The first kappa shape index (κ1) is 18.6. The Kier molecular flexibility index (Phi) is 4.69. The van der Waals surface area contributed by atoms with Gasteiger partial charge in [0.2, 0.25) is 0 Å². The molecule has 0 aliphatic carbocycles. The van der Waals surface area contributed by atoms with E-state index >= 15 is 0 Å². The van der Waals surface area contributed by atoms with Gasteiger partial charge in [0.1, 0.15) is 10.8 Å². The molecule has 0 saturated heterocycles. The summed E-state index contributed by atoms with van der Waals surface area (Å²) in [7, 11) is 0. The third-order valence-corrected chi connectivity index (χ3v) is 5.55. The van der Waals surface area contributed by atoms with Crippen LogP contribution in [0.25, 0.3) is 20.8 Å². The van der Waals surface area contributed by atoms with Crippen molar-refractivity contribution in [3.63, 3.8) is 0 Å². The molecule has 0 saturated carbocycles. The molecule has 0 bridgehead atoms. The first-order valence-corrected chi connectivity index (χ1v) is 9.49. The van der Waals surface area contributed by atoms with E-state index in [4.69, 9.17) is 0 Å². The lowest BCUT2D eigenvalue weighted by Crippen LogP contribution is -2.13. The molecule has 0 fully saturated rings. The molecule has 0 radical (unpaired) electrons. The van der Waals surface area contributed by atoms with Crippen molar-refractivity contribution in [2.45, 2.75) is 6.92 Å². The van der Waals surface area contributed by atoms with Crippen molar-refractivity contribution in [1.29, 1.82) is 0 Å². The van der Waals surface area contributed by atoms with E-state index in [9.17, 15) is 20.0 Å². The topological polar surface area (TPSA) is 105 Å². The summed E-state index contributed by atoms with van der Waals surface area (Å²) in [5, 5.41) is 24.5. The number of nitro benzene ring substituents is 1. The minimum absolute atomic E-state index is 0.163. The molecule has 1 amide bonds. The second-order valence-electron chi connectivity index (χ2n) is 6.43. The summed E-state index contributed by atoms with van der Waals surface area (Å²) in [6.45, 7) is 1.84. The Morgan fingerprint density at radius 2 is 1.93 bits per heavy atom. The van der Waals surface area contributed by atoms with Crippen LogP contribution in [0.1, 0.15) is 15.9 Å². The second kappa shape index (κ2) is 7.33. The van der Waals surface area contributed by atoms with Gasteiger partial charge in [-0.3, -0.25) is 14.9 Å². The van der Waals surface area contributed by atoms with Gasteiger partial charge in [0.05, 0.1) is 20.7 Å². The Hall–Kier alpha value is -3.78. The number of phenolic OH excluding ortho intramolecular Hbond substituents is 1. The average molecular weight is 405 g/mol. The molecule has 0 aliphatic rings. The summed E-state index contributed by atoms with van der Waals surface area (Å²) in [5.41, 5.74) is 2.67. The molecule has 4 rings (SSSR count). The van der Waals surface area contributed by atoms with Crippen molar-refractivity contribution in [3.05, 3.63) is 81.9 Å². The standard InChI is InChI=1S/C21H15N3O4S/c1-12-6-7-13(21-23-16-4-2-3-5-19(16)29-21)10-17(12)22-20(26)15-11-14(24(27)28)8-9-18(15)25/h2-11,25H,1H3,(H,22,26). The summed E-state index contributed by atoms with van der Waals surface area (Å²) in [4.78, 5) is 27.6. The maximum atomic E-state index is 12.6. The molecule has 0 unspecified atom stereocenters. The number of hydrogen-bond acceptors (Lipinski definition) is 6. The van der Waals surface area contributed by atoms with Gasteiger partial charge in [0.15, 0.2) is 0 Å². The summed E-state index contributed by atoms with van der Waals surface area (Å²) in [6, 6.07) is 16.8. The molecule has 0 spiro atoms. The number of para-hydroxylation sites is 1. The van der Waals surface area contributed by atoms with Crippen molar-refractivity contribution < 1.29 is 14.8 Å². The second-order valence-corrected chi connectivity index (χ2v) is 7.46. The SMILES string of the molecule is Cc1ccc(-c2nc3ccccc3s2)cc1NC(=O)c1cc([N+](=O)[O-])ccc1O. The zero-order chi connectivity index (χ0) is 20.5. The molecule has 1 heterocycles. The van der Waals surface area contributed by atoms with Gasteiger partial charge in [-0.1, -0.05) is 24.3 Å². The zero-order valence-electron chi connectivity index (χ0n) is 15.2. The van der Waals surface area contributed by atoms with Crippen molar-refractivity contribution in [3.8, 4) is 16.3 Å². The molecule has 0 atom stereocenters. The number of nitro groups is 1. The fraction of sp³-hybridized carbons (Fsp3) is 0.0476. The Bertz CT molecular complexity index is 1230. The van der Waals surface area contributed by atoms with E-state index in [0.29, 0.717) is 5.69 Å². The van der Waals surface area contributed by atoms with E-state index < -0.39 is 10.8 Å². The third kappa shape index (κ3) is 3.65. The molecule has 144 valence electrons. The molecule has 0 aliphatic heterocycles. The van der Waals surface area contributed by atoms with Crippen LogP contribution < -0.4 is 5.32 Å². The minimum Gasteiger partial charge on any atom is -0.507 e. The number of carbonyl (C=O) groups excluding carboxylic acids is 1. The molecule has 1 aromatic heterocycles. The number of amides is 1. The monoisotopic (exact) mass is 405 g/mol. The van der Waals surface area contributed by atoms with Crippen molar-refractivity contribution in [2.24, 2.45) is 0 Å². The van der Waals surface area contributed by atoms with Crippen LogP contribution in [-0.2, 0) is 0 Å². The van der Waals surface area contributed by atoms with Crippen LogP contribution >= 0.6 is 11.3 Å². The highest BCUT2D eigenvalue weighted by Gasteiger charge is 2.18. The summed E-state index contributed by atoms with van der Waals surface area (Å²) in [5.74, 6) is -0.955. The maximum Gasteiger partial charge on any atom is 0.270 e. The Balaban J connectivity index is 1.67. The summed E-state index contributed by atoms with van der Waals surface area (Å²) in [6.07, 6.45) is 0. The maximum absolute atomic E-state index is 12.6. The molecular weight excluding hydrogens is 390 g/mol. The molecule has 2 N–H and O–H groups in total. The molecule has 7 nitrogen and oxygen atoms in total. The quantitative estimate of drug-likeness (QED) is 0.361. The van der Waals surface area contributed by atoms with Crippen LogP contribution in [0.3, 0.4) is 0 Å². The number of carbonyl (C=O) groups is 1. The van der Waals surface area contributed by atoms with Crippen LogP contribution in [0.2, 0.25) is 0 Å². The normalized spacial score (nSPS) is 10.8. The average Bonchev–Trinajstić information content (AvgIpc) is 3.14. The van der Waals surface area contributed by atoms with Gasteiger partial charge in [-0.05, 0) is 36.8 Å². The first-order valence-electron chi connectivity index (χ1n) is 8.68. The number of hydrogen-bond donors (Lipinski definition) is 2. The largest absolute Gasteiger partial charge is 0.507 e.